The van der Waals surface area contributed by atoms with Gasteiger partial charge in [0.1, 0.15) is 0 Å². The lowest BCUT2D eigenvalue weighted by Crippen LogP contribution is -2.38. The van der Waals surface area contributed by atoms with Crippen molar-refractivity contribution in [1.82, 2.24) is 10.2 Å². The van der Waals surface area contributed by atoms with Crippen LogP contribution in [-0.4, -0.2) is 44.0 Å². The van der Waals surface area contributed by atoms with Gasteiger partial charge in [-0.3, -0.25) is 4.79 Å². The van der Waals surface area contributed by atoms with Crippen LogP contribution in [-0.2, 0) is 14.3 Å². The van der Waals surface area contributed by atoms with Crippen LogP contribution in [0.1, 0.15) is 18.5 Å². The van der Waals surface area contributed by atoms with Crippen molar-refractivity contribution < 1.29 is 14.3 Å². The highest BCUT2D eigenvalue weighted by Crippen LogP contribution is 2.19. The van der Waals surface area contributed by atoms with Gasteiger partial charge in [-0.1, -0.05) is 23.7 Å². The number of nitrogens with zero attached hydrogens (tertiary/aromatic N) is 1. The van der Waals surface area contributed by atoms with E-state index in [1.54, 1.807) is 19.1 Å². The number of benzene rings is 1. The lowest BCUT2D eigenvalue weighted by Gasteiger charge is -2.25. The van der Waals surface area contributed by atoms with Gasteiger partial charge in [0.15, 0.2) is 0 Å². The Morgan fingerprint density at radius 1 is 1.30 bits per heavy atom. The summed E-state index contributed by atoms with van der Waals surface area (Å²) >= 11 is 5.86. The first-order chi connectivity index (χ1) is 9.45. The molecule has 110 valence electrons. The van der Waals surface area contributed by atoms with Crippen molar-refractivity contribution in [3.63, 3.8) is 0 Å². The molecule has 1 aromatic carbocycles. The Bertz CT molecular complexity index is 460. The zero-order valence-corrected chi connectivity index (χ0v) is 12.6. The molecule has 1 aromatic rings. The van der Waals surface area contributed by atoms with Gasteiger partial charge >= 0.3 is 11.9 Å². The molecule has 0 bridgehead atoms. The fourth-order valence-electron chi connectivity index (χ4n) is 1.74. The van der Waals surface area contributed by atoms with Crippen LogP contribution < -0.4 is 5.32 Å². The Balaban J connectivity index is 2.67. The smallest absolute Gasteiger partial charge is 0.396 e. The van der Waals surface area contributed by atoms with E-state index in [4.69, 9.17) is 11.6 Å². The van der Waals surface area contributed by atoms with Crippen molar-refractivity contribution >= 4 is 23.5 Å². The SMILES string of the molecule is CCOC(=O)C(=O)NCC(c1ccc(Cl)cc1)N(C)C. The molecule has 0 saturated heterocycles. The number of carbonyl (C=O) groups is 2. The summed E-state index contributed by atoms with van der Waals surface area (Å²) in [4.78, 5) is 24.7. The minimum Gasteiger partial charge on any atom is -0.459 e. The summed E-state index contributed by atoms with van der Waals surface area (Å²) in [6, 6.07) is 7.32. The van der Waals surface area contributed by atoms with Gasteiger partial charge in [-0.25, -0.2) is 4.79 Å². The molecular weight excluding hydrogens is 280 g/mol. The molecule has 6 heteroatoms. The third kappa shape index (κ3) is 4.83. The number of likely N-dealkylation sites (N-methyl/N-ethyl adjacent to an activating group) is 1. The first kappa shape index (κ1) is 16.5. The summed E-state index contributed by atoms with van der Waals surface area (Å²) in [7, 11) is 3.80. The van der Waals surface area contributed by atoms with Crippen molar-refractivity contribution in [2.45, 2.75) is 13.0 Å². The Morgan fingerprint density at radius 2 is 1.90 bits per heavy atom. The van der Waals surface area contributed by atoms with Crippen molar-refractivity contribution in [3.8, 4) is 0 Å². The maximum atomic E-state index is 11.5. The second-order valence-electron chi connectivity index (χ2n) is 4.46. The van der Waals surface area contributed by atoms with Crippen molar-refractivity contribution in [1.29, 1.82) is 0 Å². The second-order valence-corrected chi connectivity index (χ2v) is 4.90. The van der Waals surface area contributed by atoms with E-state index in [1.807, 2.05) is 31.1 Å². The molecule has 0 heterocycles. The lowest BCUT2D eigenvalue weighted by atomic mass is 10.1. The highest BCUT2D eigenvalue weighted by molar-refractivity contribution is 6.32. The number of rotatable bonds is 5. The Kier molecular flexibility index (Phi) is 6.48. The summed E-state index contributed by atoms with van der Waals surface area (Å²) in [5.41, 5.74) is 1.00. The van der Waals surface area contributed by atoms with Crippen LogP contribution in [0.25, 0.3) is 0 Å². The summed E-state index contributed by atoms with van der Waals surface area (Å²) in [5, 5.41) is 3.23. The van der Waals surface area contributed by atoms with Crippen LogP contribution in [0.2, 0.25) is 5.02 Å². The minimum absolute atomic E-state index is 0.0503. The van der Waals surface area contributed by atoms with E-state index in [0.29, 0.717) is 11.6 Å². The van der Waals surface area contributed by atoms with E-state index in [1.165, 1.54) is 0 Å². The van der Waals surface area contributed by atoms with Crippen LogP contribution in [0, 0.1) is 0 Å². The summed E-state index contributed by atoms with van der Waals surface area (Å²) < 4.78 is 4.64. The molecule has 20 heavy (non-hydrogen) atoms. The van der Waals surface area contributed by atoms with Gasteiger partial charge in [0.25, 0.3) is 0 Å². The van der Waals surface area contributed by atoms with Crippen LogP contribution in [0.5, 0.6) is 0 Å². The third-order valence-electron chi connectivity index (χ3n) is 2.79. The molecule has 0 saturated carbocycles. The van der Waals surface area contributed by atoms with Crippen LogP contribution in [0.15, 0.2) is 24.3 Å². The van der Waals surface area contributed by atoms with Crippen molar-refractivity contribution in [3.05, 3.63) is 34.9 Å². The number of ether oxygens (including phenoxy) is 1. The molecule has 0 radical (unpaired) electrons. The van der Waals surface area contributed by atoms with E-state index in [9.17, 15) is 9.59 Å². The maximum absolute atomic E-state index is 11.5. The summed E-state index contributed by atoms with van der Waals surface area (Å²) in [6.07, 6.45) is 0. The van der Waals surface area contributed by atoms with Gasteiger partial charge < -0.3 is 15.0 Å². The van der Waals surface area contributed by atoms with E-state index >= 15 is 0 Å². The highest BCUT2D eigenvalue weighted by Gasteiger charge is 2.19. The van der Waals surface area contributed by atoms with E-state index in [2.05, 4.69) is 10.1 Å². The molecule has 1 amide bonds. The molecule has 1 rings (SSSR count). The molecule has 1 N–H and O–H groups in total. The second kappa shape index (κ2) is 7.87. The summed E-state index contributed by atoms with van der Waals surface area (Å²) in [5.74, 6) is -1.59. The fourth-order valence-corrected chi connectivity index (χ4v) is 1.87. The summed E-state index contributed by atoms with van der Waals surface area (Å²) in [6.45, 7) is 2.15. The van der Waals surface area contributed by atoms with Gasteiger partial charge in [-0.15, -0.1) is 0 Å². The van der Waals surface area contributed by atoms with E-state index in [-0.39, 0.29) is 12.6 Å². The molecule has 1 unspecified atom stereocenters. The zero-order valence-electron chi connectivity index (χ0n) is 11.9. The standard InChI is InChI=1S/C14H19ClN2O3/c1-4-20-14(19)13(18)16-9-12(17(2)3)10-5-7-11(15)8-6-10/h5-8,12H,4,9H2,1-3H3,(H,16,18). The van der Waals surface area contributed by atoms with E-state index < -0.39 is 11.9 Å². The molecule has 1 atom stereocenters. The molecule has 0 aliphatic rings. The molecule has 0 spiro atoms. The quantitative estimate of drug-likeness (QED) is 0.663. The van der Waals surface area contributed by atoms with Crippen LogP contribution in [0.3, 0.4) is 0 Å². The molecule has 0 fully saturated rings. The predicted molar refractivity (Wildman–Crippen MR) is 77.5 cm³/mol. The molecule has 5 nitrogen and oxygen atoms in total. The first-order valence-electron chi connectivity index (χ1n) is 6.32. The van der Waals surface area contributed by atoms with Gasteiger partial charge in [-0.05, 0) is 38.7 Å². The maximum Gasteiger partial charge on any atom is 0.396 e. The fraction of sp³-hybridized carbons (Fsp3) is 0.429. The molecular formula is C14H19ClN2O3. The first-order valence-corrected chi connectivity index (χ1v) is 6.70. The minimum atomic E-state index is -0.860. The largest absolute Gasteiger partial charge is 0.459 e. The highest BCUT2D eigenvalue weighted by atomic mass is 35.5. The van der Waals surface area contributed by atoms with Crippen LogP contribution >= 0.6 is 11.6 Å². The van der Waals surface area contributed by atoms with Crippen LogP contribution in [0.4, 0.5) is 0 Å². The van der Waals surface area contributed by atoms with Gasteiger partial charge in [0.05, 0.1) is 12.6 Å². The number of amides is 1. The van der Waals surface area contributed by atoms with Gasteiger partial charge in [-0.2, -0.15) is 0 Å². The lowest BCUT2D eigenvalue weighted by molar-refractivity contribution is -0.154. The molecule has 0 aliphatic heterocycles. The zero-order chi connectivity index (χ0) is 15.1. The monoisotopic (exact) mass is 298 g/mol. The molecule has 0 aromatic heterocycles. The van der Waals surface area contributed by atoms with Crippen molar-refractivity contribution in [2.75, 3.05) is 27.2 Å². The Hall–Kier alpha value is -1.59. The number of esters is 1. The van der Waals surface area contributed by atoms with Gasteiger partial charge in [0.2, 0.25) is 0 Å². The number of carbonyl (C=O) groups excluding carboxylic acids is 2. The van der Waals surface area contributed by atoms with E-state index in [0.717, 1.165) is 5.56 Å². The topological polar surface area (TPSA) is 58.6 Å². The number of hydrogen-bond donors (Lipinski definition) is 1. The normalized spacial score (nSPS) is 12.1. The third-order valence-corrected chi connectivity index (χ3v) is 3.05. The number of nitrogens with one attached hydrogen (secondary N) is 1. The Morgan fingerprint density at radius 3 is 2.40 bits per heavy atom. The van der Waals surface area contributed by atoms with Crippen molar-refractivity contribution in [2.24, 2.45) is 0 Å². The number of hydrogen-bond acceptors (Lipinski definition) is 4. The van der Waals surface area contributed by atoms with Gasteiger partial charge in [0, 0.05) is 11.6 Å². The molecule has 0 aliphatic carbocycles. The predicted octanol–water partition coefficient (Wildman–Crippen LogP) is 1.62. The average molecular weight is 299 g/mol. The average Bonchev–Trinajstić information content (AvgIpc) is 2.40. The Labute approximate surface area is 123 Å². The number of halogens is 1.